The molecule has 0 spiro atoms. The lowest BCUT2D eigenvalue weighted by Gasteiger charge is -2.35. The molecule has 2 aromatic rings. The Hall–Kier alpha value is -1.81. The van der Waals surface area contributed by atoms with Crippen molar-refractivity contribution >= 4 is 16.8 Å². The molecule has 0 saturated carbocycles. The van der Waals surface area contributed by atoms with Crippen LogP contribution in [0.15, 0.2) is 12.1 Å². The van der Waals surface area contributed by atoms with Gasteiger partial charge in [0.05, 0.1) is 0 Å². The topological polar surface area (TPSA) is 45.3 Å². The Kier molecular flexibility index (Phi) is 4.95. The van der Waals surface area contributed by atoms with E-state index in [1.165, 1.54) is 22.9 Å². The summed E-state index contributed by atoms with van der Waals surface area (Å²) in [5, 5.41) is 1.17. The molecule has 24 heavy (non-hydrogen) atoms. The van der Waals surface area contributed by atoms with Gasteiger partial charge in [-0.3, -0.25) is 4.79 Å². The van der Waals surface area contributed by atoms with Crippen LogP contribution in [-0.2, 0) is 4.74 Å². The second-order valence-corrected chi connectivity index (χ2v) is 7.06. The van der Waals surface area contributed by atoms with Crippen molar-refractivity contribution in [3.8, 4) is 0 Å². The first-order valence-corrected chi connectivity index (χ1v) is 8.92. The van der Waals surface area contributed by atoms with Gasteiger partial charge in [0.2, 0.25) is 0 Å². The number of carbonyl (C=O) groups is 1. The van der Waals surface area contributed by atoms with E-state index < -0.39 is 0 Å². The van der Waals surface area contributed by atoms with Gasteiger partial charge in [-0.15, -0.1) is 0 Å². The van der Waals surface area contributed by atoms with E-state index in [0.717, 1.165) is 42.6 Å². The zero-order valence-corrected chi connectivity index (χ0v) is 15.2. The fourth-order valence-electron chi connectivity index (χ4n) is 3.96. The number of methoxy groups -OCH3 is 1. The molecule has 0 bridgehead atoms. The van der Waals surface area contributed by atoms with Crippen LogP contribution in [0.2, 0.25) is 0 Å². The first-order valence-electron chi connectivity index (χ1n) is 8.92. The number of hydrogen-bond donors (Lipinski definition) is 1. The van der Waals surface area contributed by atoms with Crippen molar-refractivity contribution in [1.82, 2.24) is 9.88 Å². The number of rotatable bonds is 4. The second-order valence-electron chi connectivity index (χ2n) is 7.06. The van der Waals surface area contributed by atoms with Crippen molar-refractivity contribution in [1.29, 1.82) is 0 Å². The third-order valence-corrected chi connectivity index (χ3v) is 5.27. The zero-order chi connectivity index (χ0) is 17.3. The molecule has 2 heterocycles. The summed E-state index contributed by atoms with van der Waals surface area (Å²) in [7, 11) is 1.72. The van der Waals surface area contributed by atoms with E-state index in [-0.39, 0.29) is 5.91 Å². The number of aromatic amines is 1. The smallest absolute Gasteiger partial charge is 0.270 e. The molecule has 0 aliphatic carbocycles. The Labute approximate surface area is 144 Å². The van der Waals surface area contributed by atoms with E-state index in [0.29, 0.717) is 12.6 Å². The summed E-state index contributed by atoms with van der Waals surface area (Å²) in [6.45, 7) is 7.81. The lowest BCUT2D eigenvalue weighted by molar-refractivity contribution is 0.0547. The average molecular weight is 328 g/mol. The monoisotopic (exact) mass is 328 g/mol. The standard InChI is InChI=1S/C20H28N2O2/c1-13-11-14(2)18-17(12-13)15(3)19(21-18)20(23)22-9-6-5-7-16(22)8-10-24-4/h11-12,16,21H,5-10H2,1-4H3/t16-/m1/s1. The highest BCUT2D eigenvalue weighted by atomic mass is 16.5. The van der Waals surface area contributed by atoms with Gasteiger partial charge in [-0.2, -0.15) is 0 Å². The molecule has 1 saturated heterocycles. The molecule has 1 aliphatic rings. The third-order valence-electron chi connectivity index (χ3n) is 5.27. The molecular formula is C20H28N2O2. The molecule has 1 atom stereocenters. The summed E-state index contributed by atoms with van der Waals surface area (Å²) in [6.07, 6.45) is 4.28. The van der Waals surface area contributed by atoms with Gasteiger partial charge in [-0.25, -0.2) is 0 Å². The van der Waals surface area contributed by atoms with Gasteiger partial charge in [-0.05, 0) is 63.6 Å². The van der Waals surface area contributed by atoms with E-state index >= 15 is 0 Å². The minimum Gasteiger partial charge on any atom is -0.385 e. The summed E-state index contributed by atoms with van der Waals surface area (Å²) in [5.74, 6) is 0.140. The molecule has 1 fully saturated rings. The third kappa shape index (κ3) is 3.07. The minimum absolute atomic E-state index is 0.140. The number of amides is 1. The van der Waals surface area contributed by atoms with Gasteiger partial charge in [-0.1, -0.05) is 11.6 Å². The molecule has 1 amide bonds. The minimum atomic E-state index is 0.140. The van der Waals surface area contributed by atoms with E-state index in [4.69, 9.17) is 4.74 Å². The number of likely N-dealkylation sites (tertiary alicyclic amines) is 1. The number of piperidine rings is 1. The Morgan fingerprint density at radius 2 is 2.08 bits per heavy atom. The molecule has 0 unspecified atom stereocenters. The number of nitrogens with zero attached hydrogens (tertiary/aromatic N) is 1. The van der Waals surface area contributed by atoms with Crippen LogP contribution >= 0.6 is 0 Å². The van der Waals surface area contributed by atoms with E-state index in [2.05, 4.69) is 42.8 Å². The van der Waals surface area contributed by atoms with Crippen LogP contribution in [0.4, 0.5) is 0 Å². The lowest BCUT2D eigenvalue weighted by Crippen LogP contribution is -2.44. The van der Waals surface area contributed by atoms with Gasteiger partial charge in [0.25, 0.3) is 5.91 Å². The molecule has 0 radical (unpaired) electrons. The fraction of sp³-hybridized carbons (Fsp3) is 0.550. The second kappa shape index (κ2) is 6.98. The Balaban J connectivity index is 1.95. The number of benzene rings is 1. The quantitative estimate of drug-likeness (QED) is 0.917. The number of aromatic nitrogens is 1. The van der Waals surface area contributed by atoms with E-state index in [1.807, 2.05) is 0 Å². The van der Waals surface area contributed by atoms with Crippen molar-refractivity contribution in [3.63, 3.8) is 0 Å². The molecule has 4 heteroatoms. The number of hydrogen-bond acceptors (Lipinski definition) is 2. The Morgan fingerprint density at radius 3 is 2.83 bits per heavy atom. The predicted octanol–water partition coefficient (Wildman–Crippen LogP) is 4.12. The van der Waals surface area contributed by atoms with Crippen molar-refractivity contribution in [2.75, 3.05) is 20.3 Å². The maximum absolute atomic E-state index is 13.2. The summed E-state index contributed by atoms with van der Waals surface area (Å²) >= 11 is 0. The highest BCUT2D eigenvalue weighted by Gasteiger charge is 2.29. The van der Waals surface area contributed by atoms with Crippen LogP contribution in [0.3, 0.4) is 0 Å². The Bertz CT molecular complexity index is 748. The molecule has 1 aliphatic heterocycles. The maximum atomic E-state index is 13.2. The van der Waals surface area contributed by atoms with Crippen molar-refractivity contribution < 1.29 is 9.53 Å². The maximum Gasteiger partial charge on any atom is 0.270 e. The van der Waals surface area contributed by atoms with Gasteiger partial charge < -0.3 is 14.6 Å². The van der Waals surface area contributed by atoms with Gasteiger partial charge in [0, 0.05) is 37.2 Å². The summed E-state index contributed by atoms with van der Waals surface area (Å²) in [5.41, 5.74) is 5.34. The first-order chi connectivity index (χ1) is 11.5. The molecule has 3 rings (SSSR count). The number of carbonyl (C=O) groups excluding carboxylic acids is 1. The van der Waals surface area contributed by atoms with E-state index in [1.54, 1.807) is 7.11 Å². The van der Waals surface area contributed by atoms with Crippen molar-refractivity contribution in [3.05, 3.63) is 34.5 Å². The van der Waals surface area contributed by atoms with Gasteiger partial charge in [0.1, 0.15) is 5.69 Å². The number of aryl methyl sites for hydroxylation is 3. The highest BCUT2D eigenvalue weighted by Crippen LogP contribution is 2.29. The van der Waals surface area contributed by atoms with Gasteiger partial charge in [0.15, 0.2) is 0 Å². The SMILES string of the molecule is COCC[C@H]1CCCCN1C(=O)c1[nH]c2c(C)cc(C)cc2c1C. The number of H-pyrrole nitrogens is 1. The number of fused-ring (bicyclic) bond motifs is 1. The molecule has 130 valence electrons. The fourth-order valence-corrected chi connectivity index (χ4v) is 3.96. The molecule has 1 aromatic heterocycles. The molecule has 4 nitrogen and oxygen atoms in total. The molecule has 1 aromatic carbocycles. The summed E-state index contributed by atoms with van der Waals surface area (Å²) in [6, 6.07) is 4.62. The summed E-state index contributed by atoms with van der Waals surface area (Å²) in [4.78, 5) is 18.7. The summed E-state index contributed by atoms with van der Waals surface area (Å²) < 4.78 is 5.23. The highest BCUT2D eigenvalue weighted by molar-refractivity contribution is 6.02. The number of ether oxygens (including phenoxy) is 1. The van der Waals surface area contributed by atoms with E-state index in [9.17, 15) is 4.79 Å². The first kappa shape index (κ1) is 17.0. The van der Waals surface area contributed by atoms with Crippen LogP contribution < -0.4 is 0 Å². The normalized spacial score (nSPS) is 18.3. The molecular weight excluding hydrogens is 300 g/mol. The van der Waals surface area contributed by atoms with Crippen LogP contribution in [0.5, 0.6) is 0 Å². The van der Waals surface area contributed by atoms with Gasteiger partial charge >= 0.3 is 0 Å². The number of nitrogens with one attached hydrogen (secondary N) is 1. The Morgan fingerprint density at radius 1 is 1.29 bits per heavy atom. The van der Waals surface area contributed by atoms with Crippen LogP contribution in [0, 0.1) is 20.8 Å². The molecule has 1 N–H and O–H groups in total. The predicted molar refractivity (Wildman–Crippen MR) is 97.7 cm³/mol. The lowest BCUT2D eigenvalue weighted by atomic mass is 9.98. The largest absolute Gasteiger partial charge is 0.385 e. The van der Waals surface area contributed by atoms with Crippen molar-refractivity contribution in [2.24, 2.45) is 0 Å². The van der Waals surface area contributed by atoms with Crippen LogP contribution in [0.1, 0.15) is 52.9 Å². The van der Waals surface area contributed by atoms with Crippen LogP contribution in [0.25, 0.3) is 10.9 Å². The van der Waals surface area contributed by atoms with Crippen LogP contribution in [-0.4, -0.2) is 42.1 Å². The zero-order valence-electron chi connectivity index (χ0n) is 15.2. The van der Waals surface area contributed by atoms with Crippen molar-refractivity contribution in [2.45, 2.75) is 52.5 Å². The average Bonchev–Trinajstić information content (AvgIpc) is 2.90.